The number of likely N-dealkylation sites (tertiary alicyclic amines) is 1. The molecule has 112 valence electrons. The van der Waals surface area contributed by atoms with Gasteiger partial charge < -0.3 is 10.7 Å². The van der Waals surface area contributed by atoms with E-state index in [1.54, 1.807) is 6.20 Å². The first-order valence-corrected chi connectivity index (χ1v) is 7.82. The van der Waals surface area contributed by atoms with Crippen LogP contribution in [0, 0.1) is 5.92 Å². The third kappa shape index (κ3) is 4.18. The lowest BCUT2D eigenvalue weighted by atomic mass is 9.98. The fourth-order valence-corrected chi connectivity index (χ4v) is 3.09. The quantitative estimate of drug-likeness (QED) is 0.781. The molecule has 1 atom stereocenters. The Balaban J connectivity index is 2.06. The fourth-order valence-electron chi connectivity index (χ4n) is 3.09. The van der Waals surface area contributed by atoms with Crippen LogP contribution in [0.5, 0.6) is 0 Å². The van der Waals surface area contributed by atoms with Gasteiger partial charge in [-0.3, -0.25) is 9.69 Å². The lowest BCUT2D eigenvalue weighted by Gasteiger charge is -2.31. The van der Waals surface area contributed by atoms with Gasteiger partial charge in [-0.05, 0) is 62.7 Å². The summed E-state index contributed by atoms with van der Waals surface area (Å²) in [6, 6.07) is 2.07. The monoisotopic (exact) mass is 277 g/mol. The number of H-pyrrole nitrogens is 1. The van der Waals surface area contributed by atoms with Crippen molar-refractivity contribution in [2.75, 3.05) is 19.6 Å². The van der Waals surface area contributed by atoms with Gasteiger partial charge in [-0.1, -0.05) is 6.92 Å². The van der Waals surface area contributed by atoms with Crippen LogP contribution in [0.1, 0.15) is 43.7 Å². The van der Waals surface area contributed by atoms with E-state index >= 15 is 0 Å². The topological polar surface area (TPSA) is 62.1 Å². The zero-order valence-electron chi connectivity index (χ0n) is 12.5. The van der Waals surface area contributed by atoms with Crippen molar-refractivity contribution < 1.29 is 0 Å². The summed E-state index contributed by atoms with van der Waals surface area (Å²) in [5.41, 5.74) is 7.76. The molecular weight excluding hydrogens is 250 g/mol. The molecule has 1 aromatic rings. The van der Waals surface area contributed by atoms with Crippen LogP contribution in [0.25, 0.3) is 0 Å². The summed E-state index contributed by atoms with van der Waals surface area (Å²) < 4.78 is 0. The van der Waals surface area contributed by atoms with E-state index in [1.807, 2.05) is 0 Å². The van der Waals surface area contributed by atoms with Gasteiger partial charge in [0.2, 0.25) is 0 Å². The Morgan fingerprint density at radius 2 is 2.30 bits per heavy atom. The predicted molar refractivity (Wildman–Crippen MR) is 82.7 cm³/mol. The third-order valence-corrected chi connectivity index (χ3v) is 4.18. The number of hydrogen-bond donors (Lipinski definition) is 2. The second-order valence-electron chi connectivity index (χ2n) is 6.04. The van der Waals surface area contributed by atoms with Crippen molar-refractivity contribution in [2.24, 2.45) is 11.7 Å². The molecule has 0 spiro atoms. The summed E-state index contributed by atoms with van der Waals surface area (Å²) in [5, 5.41) is 0. The first-order valence-electron chi connectivity index (χ1n) is 7.82. The van der Waals surface area contributed by atoms with E-state index in [0.29, 0.717) is 6.54 Å². The second-order valence-corrected chi connectivity index (χ2v) is 6.04. The van der Waals surface area contributed by atoms with E-state index in [9.17, 15) is 4.79 Å². The van der Waals surface area contributed by atoms with Crippen molar-refractivity contribution in [3.05, 3.63) is 33.7 Å². The molecule has 2 rings (SSSR count). The Morgan fingerprint density at radius 3 is 3.05 bits per heavy atom. The number of aromatic amines is 1. The predicted octanol–water partition coefficient (Wildman–Crippen LogP) is 1.89. The van der Waals surface area contributed by atoms with Gasteiger partial charge in [0, 0.05) is 24.8 Å². The smallest absolute Gasteiger partial charge is 0.251 e. The minimum Gasteiger partial charge on any atom is -0.330 e. The molecule has 1 fully saturated rings. The molecule has 20 heavy (non-hydrogen) atoms. The summed E-state index contributed by atoms with van der Waals surface area (Å²) in [6.45, 7) is 6.22. The van der Waals surface area contributed by atoms with Crippen molar-refractivity contribution in [2.45, 2.75) is 45.6 Å². The lowest BCUT2D eigenvalue weighted by molar-refractivity contribution is 0.176. The van der Waals surface area contributed by atoms with Crippen LogP contribution in [0.4, 0.5) is 0 Å². The van der Waals surface area contributed by atoms with E-state index in [0.717, 1.165) is 50.4 Å². The molecule has 0 radical (unpaired) electrons. The summed E-state index contributed by atoms with van der Waals surface area (Å²) in [7, 11) is 0. The molecule has 0 aromatic carbocycles. The third-order valence-electron chi connectivity index (χ3n) is 4.18. The maximum atomic E-state index is 12.0. The van der Waals surface area contributed by atoms with E-state index in [1.165, 1.54) is 18.4 Å². The minimum atomic E-state index is 0.0737. The molecule has 4 heteroatoms. The number of aromatic nitrogens is 1. The van der Waals surface area contributed by atoms with Crippen LogP contribution < -0.4 is 11.3 Å². The van der Waals surface area contributed by atoms with Crippen LogP contribution in [0.3, 0.4) is 0 Å². The number of pyridine rings is 1. The summed E-state index contributed by atoms with van der Waals surface area (Å²) in [6.07, 6.45) is 7.19. The maximum absolute atomic E-state index is 12.0. The average Bonchev–Trinajstić information content (AvgIpc) is 2.42. The molecule has 1 aromatic heterocycles. The van der Waals surface area contributed by atoms with E-state index in [-0.39, 0.29) is 5.56 Å². The average molecular weight is 277 g/mol. The van der Waals surface area contributed by atoms with Gasteiger partial charge in [0.25, 0.3) is 5.56 Å². The lowest BCUT2D eigenvalue weighted by Crippen LogP contribution is -2.34. The molecule has 4 nitrogen and oxygen atoms in total. The summed E-state index contributed by atoms with van der Waals surface area (Å²) >= 11 is 0. The van der Waals surface area contributed by atoms with Gasteiger partial charge in [0.15, 0.2) is 0 Å². The molecule has 1 aliphatic heterocycles. The number of nitrogens with one attached hydrogen (secondary N) is 1. The number of piperidine rings is 1. The van der Waals surface area contributed by atoms with Crippen molar-refractivity contribution in [3.8, 4) is 0 Å². The van der Waals surface area contributed by atoms with Crippen molar-refractivity contribution in [1.82, 2.24) is 9.88 Å². The van der Waals surface area contributed by atoms with E-state index < -0.39 is 0 Å². The van der Waals surface area contributed by atoms with Crippen molar-refractivity contribution in [1.29, 1.82) is 0 Å². The number of nitrogens with zero attached hydrogens (tertiary/aromatic N) is 1. The molecule has 0 aliphatic carbocycles. The summed E-state index contributed by atoms with van der Waals surface area (Å²) in [4.78, 5) is 17.3. The molecule has 1 saturated heterocycles. The van der Waals surface area contributed by atoms with E-state index in [4.69, 9.17) is 5.73 Å². The largest absolute Gasteiger partial charge is 0.330 e. The SMILES string of the molecule is CC1CCCN(Cc2cc[nH]c(=O)c2CCCCN)C1. The minimum absolute atomic E-state index is 0.0737. The van der Waals surface area contributed by atoms with Gasteiger partial charge in [-0.15, -0.1) is 0 Å². The van der Waals surface area contributed by atoms with Gasteiger partial charge in [0.05, 0.1) is 0 Å². The second kappa shape index (κ2) is 7.60. The molecular formula is C16H27N3O. The van der Waals surface area contributed by atoms with Crippen molar-refractivity contribution >= 4 is 0 Å². The number of nitrogens with two attached hydrogens (primary N) is 1. The van der Waals surface area contributed by atoms with Gasteiger partial charge in [0.1, 0.15) is 0 Å². The standard InChI is InChI=1S/C16H27N3O/c1-13-5-4-10-19(11-13)12-14-7-9-18-16(20)15(14)6-2-3-8-17/h7,9,13H,2-6,8,10-12,17H2,1H3,(H,18,20). The Kier molecular flexibility index (Phi) is 5.80. The first-order chi connectivity index (χ1) is 9.70. The number of unbranched alkanes of at least 4 members (excludes halogenated alkanes) is 1. The molecule has 2 heterocycles. The van der Waals surface area contributed by atoms with Crippen LogP contribution in [0.2, 0.25) is 0 Å². The van der Waals surface area contributed by atoms with Gasteiger partial charge in [-0.25, -0.2) is 0 Å². The molecule has 0 saturated carbocycles. The Bertz CT molecular complexity index is 469. The fraction of sp³-hybridized carbons (Fsp3) is 0.688. The van der Waals surface area contributed by atoms with Crippen LogP contribution in [-0.2, 0) is 13.0 Å². The van der Waals surface area contributed by atoms with Crippen molar-refractivity contribution in [3.63, 3.8) is 0 Å². The zero-order valence-corrected chi connectivity index (χ0v) is 12.5. The van der Waals surface area contributed by atoms with Gasteiger partial charge >= 0.3 is 0 Å². The van der Waals surface area contributed by atoms with Crippen LogP contribution >= 0.6 is 0 Å². The normalized spacial score (nSPS) is 20.2. The highest BCUT2D eigenvalue weighted by Crippen LogP contribution is 2.18. The Morgan fingerprint density at radius 1 is 1.45 bits per heavy atom. The summed E-state index contributed by atoms with van der Waals surface area (Å²) in [5.74, 6) is 0.770. The highest BCUT2D eigenvalue weighted by atomic mass is 16.1. The number of hydrogen-bond acceptors (Lipinski definition) is 3. The maximum Gasteiger partial charge on any atom is 0.251 e. The van der Waals surface area contributed by atoms with Crippen LogP contribution in [0.15, 0.2) is 17.1 Å². The van der Waals surface area contributed by atoms with E-state index in [2.05, 4.69) is 22.9 Å². The molecule has 1 unspecified atom stereocenters. The number of rotatable bonds is 6. The first kappa shape index (κ1) is 15.3. The van der Waals surface area contributed by atoms with Gasteiger partial charge in [-0.2, -0.15) is 0 Å². The Labute approximate surface area is 121 Å². The highest BCUT2D eigenvalue weighted by molar-refractivity contribution is 5.23. The highest BCUT2D eigenvalue weighted by Gasteiger charge is 2.18. The molecule has 0 amide bonds. The Hall–Kier alpha value is -1.13. The zero-order chi connectivity index (χ0) is 14.4. The molecule has 0 bridgehead atoms. The molecule has 1 aliphatic rings. The van der Waals surface area contributed by atoms with Crippen LogP contribution in [-0.4, -0.2) is 29.5 Å². The molecule has 3 N–H and O–H groups in total.